The van der Waals surface area contributed by atoms with Crippen LogP contribution in [0.1, 0.15) is 17.5 Å². The zero-order valence-electron chi connectivity index (χ0n) is 11.3. The number of rotatable bonds is 5. The Kier molecular flexibility index (Phi) is 5.00. The van der Waals surface area contributed by atoms with Crippen LogP contribution in [0.15, 0.2) is 47.4 Å². The van der Waals surface area contributed by atoms with Crippen LogP contribution >= 0.6 is 12.2 Å². The fourth-order valence-electron chi connectivity index (χ4n) is 1.81. The molecule has 21 heavy (non-hydrogen) atoms. The summed E-state index contributed by atoms with van der Waals surface area (Å²) >= 11 is 4.79. The van der Waals surface area contributed by atoms with Gasteiger partial charge in [0.15, 0.2) is 0 Å². The van der Waals surface area contributed by atoms with Crippen molar-refractivity contribution in [3.8, 4) is 0 Å². The maximum atomic E-state index is 12.8. The molecule has 108 valence electrons. The topological polar surface area (TPSA) is 48.0 Å². The number of thiocarbonyl (C=S) groups is 1. The van der Waals surface area contributed by atoms with E-state index in [4.69, 9.17) is 18.0 Å². The van der Waals surface area contributed by atoms with Gasteiger partial charge in [-0.1, -0.05) is 36.5 Å². The van der Waals surface area contributed by atoms with Crippen molar-refractivity contribution in [2.24, 2.45) is 5.73 Å². The van der Waals surface area contributed by atoms with Crippen molar-refractivity contribution in [1.82, 2.24) is 4.57 Å². The first-order chi connectivity index (χ1) is 10.0. The molecule has 3 nitrogen and oxygen atoms in total. The Labute approximate surface area is 127 Å². The molecule has 2 N–H and O–H groups in total. The van der Waals surface area contributed by atoms with Crippen LogP contribution in [0.5, 0.6) is 0 Å². The Balaban J connectivity index is 2.11. The molecular weight excluding hydrogens is 287 g/mol. The molecule has 0 spiro atoms. The highest BCUT2D eigenvalue weighted by atomic mass is 32.1. The third-order valence-corrected chi connectivity index (χ3v) is 3.16. The van der Waals surface area contributed by atoms with Crippen molar-refractivity contribution in [2.75, 3.05) is 0 Å². The molecular formula is C16H15FN2OS. The Morgan fingerprint density at radius 1 is 1.19 bits per heavy atom. The minimum absolute atomic E-state index is 0.104. The molecule has 0 saturated heterocycles. The summed E-state index contributed by atoms with van der Waals surface area (Å²) in [6.07, 6.45) is 5.85. The summed E-state index contributed by atoms with van der Waals surface area (Å²) < 4.78 is 14.4. The van der Waals surface area contributed by atoms with Gasteiger partial charge in [0.25, 0.3) is 5.56 Å². The number of halogens is 1. The number of pyridine rings is 1. The average molecular weight is 302 g/mol. The average Bonchev–Trinajstić information content (AvgIpc) is 2.45. The predicted molar refractivity (Wildman–Crippen MR) is 87.4 cm³/mol. The molecule has 0 unspecified atom stereocenters. The summed E-state index contributed by atoms with van der Waals surface area (Å²) in [6.45, 7) is 0.482. The zero-order chi connectivity index (χ0) is 15.2. The number of aryl methyl sites for hydroxylation is 1. The summed E-state index contributed by atoms with van der Waals surface area (Å²) in [5.74, 6) is -0.271. The van der Waals surface area contributed by atoms with Crippen molar-refractivity contribution < 1.29 is 4.39 Å². The normalized spacial score (nSPS) is 10.9. The molecule has 0 fully saturated rings. The largest absolute Gasteiger partial charge is 0.393 e. The molecule has 1 heterocycles. The van der Waals surface area contributed by atoms with Crippen LogP contribution in [0.25, 0.3) is 12.2 Å². The maximum absolute atomic E-state index is 12.8. The van der Waals surface area contributed by atoms with Gasteiger partial charge < -0.3 is 10.3 Å². The van der Waals surface area contributed by atoms with E-state index in [0.29, 0.717) is 18.0 Å². The van der Waals surface area contributed by atoms with E-state index in [1.807, 2.05) is 18.2 Å². The lowest BCUT2D eigenvalue weighted by molar-refractivity contribution is 0.628. The zero-order valence-corrected chi connectivity index (χ0v) is 12.1. The van der Waals surface area contributed by atoms with Gasteiger partial charge >= 0.3 is 0 Å². The van der Waals surface area contributed by atoms with Crippen LogP contribution in [-0.4, -0.2) is 9.56 Å². The summed E-state index contributed by atoms with van der Waals surface area (Å²) in [5.41, 5.74) is 6.97. The minimum atomic E-state index is -0.271. The number of nitrogens with two attached hydrogens (primary N) is 1. The van der Waals surface area contributed by atoms with Gasteiger partial charge in [-0.05, 0) is 29.3 Å². The molecule has 0 bridgehead atoms. The molecule has 0 atom stereocenters. The van der Waals surface area contributed by atoms with E-state index in [1.54, 1.807) is 29.0 Å². The summed E-state index contributed by atoms with van der Waals surface area (Å²) in [7, 11) is 0. The smallest absolute Gasteiger partial charge is 0.251 e. The van der Waals surface area contributed by atoms with Crippen molar-refractivity contribution in [3.63, 3.8) is 0 Å². The molecule has 0 saturated carbocycles. The number of nitrogens with zero attached hydrogens (tertiary/aromatic N) is 1. The molecule has 2 aromatic rings. The third-order valence-electron chi connectivity index (χ3n) is 2.96. The Morgan fingerprint density at radius 3 is 2.48 bits per heavy atom. The highest BCUT2D eigenvalue weighted by Crippen LogP contribution is 2.08. The Morgan fingerprint density at radius 2 is 1.86 bits per heavy atom. The first-order valence-corrected chi connectivity index (χ1v) is 6.88. The van der Waals surface area contributed by atoms with Gasteiger partial charge in [-0.25, -0.2) is 4.39 Å². The highest BCUT2D eigenvalue weighted by molar-refractivity contribution is 7.80. The second-order valence-electron chi connectivity index (χ2n) is 4.59. The Bertz CT molecular complexity index is 720. The quantitative estimate of drug-likeness (QED) is 0.864. The SMILES string of the molecule is NC(=S)CCn1ccc(/C=C/c2ccc(F)cc2)cc1=O. The van der Waals surface area contributed by atoms with Gasteiger partial charge in [0, 0.05) is 25.2 Å². The minimum Gasteiger partial charge on any atom is -0.393 e. The second-order valence-corrected chi connectivity index (χ2v) is 5.12. The molecule has 1 aromatic heterocycles. The number of aromatic nitrogens is 1. The maximum Gasteiger partial charge on any atom is 0.251 e. The van der Waals surface area contributed by atoms with Crippen molar-refractivity contribution >= 4 is 29.4 Å². The van der Waals surface area contributed by atoms with Crippen LogP contribution in [0, 0.1) is 5.82 Å². The lowest BCUT2D eigenvalue weighted by Gasteiger charge is -2.04. The molecule has 5 heteroatoms. The monoisotopic (exact) mass is 302 g/mol. The van der Waals surface area contributed by atoms with Gasteiger partial charge in [-0.3, -0.25) is 4.79 Å². The molecule has 2 rings (SSSR count). The van der Waals surface area contributed by atoms with E-state index >= 15 is 0 Å². The number of hydrogen-bond donors (Lipinski definition) is 1. The highest BCUT2D eigenvalue weighted by Gasteiger charge is 1.98. The second kappa shape index (κ2) is 6.95. The standard InChI is InChI=1S/C16H15FN2OS/c17-14-5-3-12(4-6-14)1-2-13-7-9-19(16(20)11-13)10-8-15(18)21/h1-7,9,11H,8,10H2,(H2,18,21)/b2-1+. The van der Waals surface area contributed by atoms with Gasteiger partial charge in [0.05, 0.1) is 4.99 Å². The van der Waals surface area contributed by atoms with E-state index in [2.05, 4.69) is 0 Å². The predicted octanol–water partition coefficient (Wildman–Crippen LogP) is 2.83. The molecule has 0 radical (unpaired) electrons. The van der Waals surface area contributed by atoms with Crippen molar-refractivity contribution in [1.29, 1.82) is 0 Å². The fraction of sp³-hybridized carbons (Fsp3) is 0.125. The van der Waals surface area contributed by atoms with Crippen LogP contribution in [-0.2, 0) is 6.54 Å². The number of benzene rings is 1. The fourth-order valence-corrected chi connectivity index (χ4v) is 1.90. The van der Waals surface area contributed by atoms with Crippen LogP contribution in [0.3, 0.4) is 0 Å². The van der Waals surface area contributed by atoms with Crippen LogP contribution in [0.2, 0.25) is 0 Å². The summed E-state index contributed by atoms with van der Waals surface area (Å²) in [6, 6.07) is 9.52. The first kappa shape index (κ1) is 15.1. The lowest BCUT2D eigenvalue weighted by atomic mass is 10.1. The van der Waals surface area contributed by atoms with Crippen molar-refractivity contribution in [2.45, 2.75) is 13.0 Å². The molecule has 0 aliphatic rings. The number of hydrogen-bond acceptors (Lipinski definition) is 2. The van der Waals surface area contributed by atoms with Gasteiger partial charge in [-0.2, -0.15) is 0 Å². The van der Waals surface area contributed by atoms with Crippen molar-refractivity contribution in [3.05, 3.63) is 69.9 Å². The molecule has 1 aromatic carbocycles. The summed E-state index contributed by atoms with van der Waals surface area (Å²) in [5, 5.41) is 0. The van der Waals surface area contributed by atoms with Crippen LogP contribution < -0.4 is 11.3 Å². The Hall–Kier alpha value is -2.27. The van der Waals surface area contributed by atoms with Gasteiger partial charge in [0.1, 0.15) is 5.82 Å². The first-order valence-electron chi connectivity index (χ1n) is 6.47. The molecule has 0 amide bonds. The van der Waals surface area contributed by atoms with E-state index in [9.17, 15) is 9.18 Å². The van der Waals surface area contributed by atoms with E-state index in [-0.39, 0.29) is 11.4 Å². The molecule has 0 aliphatic carbocycles. The van der Waals surface area contributed by atoms with Crippen LogP contribution in [0.4, 0.5) is 4.39 Å². The van der Waals surface area contributed by atoms with E-state index < -0.39 is 0 Å². The van der Waals surface area contributed by atoms with Gasteiger partial charge in [-0.15, -0.1) is 0 Å². The molecule has 0 aliphatic heterocycles. The van der Waals surface area contributed by atoms with E-state index in [1.165, 1.54) is 12.1 Å². The van der Waals surface area contributed by atoms with Gasteiger partial charge in [0.2, 0.25) is 0 Å². The lowest BCUT2D eigenvalue weighted by Crippen LogP contribution is -2.21. The third kappa shape index (κ3) is 4.65. The van der Waals surface area contributed by atoms with E-state index in [0.717, 1.165) is 11.1 Å². The summed E-state index contributed by atoms with van der Waals surface area (Å²) in [4.78, 5) is 12.3.